The zero-order valence-electron chi connectivity index (χ0n) is 12.2. The van der Waals surface area contributed by atoms with Gasteiger partial charge in [-0.3, -0.25) is 9.69 Å². The summed E-state index contributed by atoms with van der Waals surface area (Å²) in [7, 11) is 3.64. The molecule has 4 heteroatoms. The van der Waals surface area contributed by atoms with Crippen LogP contribution >= 0.6 is 0 Å². The first-order valence-corrected chi connectivity index (χ1v) is 7.21. The van der Waals surface area contributed by atoms with E-state index in [9.17, 15) is 4.79 Å². The van der Waals surface area contributed by atoms with Crippen LogP contribution < -0.4 is 5.73 Å². The van der Waals surface area contributed by atoms with Crippen LogP contribution in [0.5, 0.6) is 0 Å². The van der Waals surface area contributed by atoms with Crippen molar-refractivity contribution in [1.82, 2.24) is 9.80 Å². The summed E-state index contributed by atoms with van der Waals surface area (Å²) in [6, 6.07) is 0. The molecular formula is C14H29N3O. The summed E-state index contributed by atoms with van der Waals surface area (Å²) in [5.74, 6) is 0.210. The average Bonchev–Trinajstić information content (AvgIpc) is 2.83. The van der Waals surface area contributed by atoms with Crippen LogP contribution in [0.3, 0.4) is 0 Å². The van der Waals surface area contributed by atoms with E-state index in [0.717, 1.165) is 26.1 Å². The van der Waals surface area contributed by atoms with Crippen LogP contribution in [0.4, 0.5) is 0 Å². The molecule has 4 nitrogen and oxygen atoms in total. The summed E-state index contributed by atoms with van der Waals surface area (Å²) in [5.41, 5.74) is 6.20. The molecular weight excluding hydrogens is 226 g/mol. The van der Waals surface area contributed by atoms with Gasteiger partial charge < -0.3 is 10.6 Å². The molecule has 0 bridgehead atoms. The maximum absolute atomic E-state index is 11.7. The molecule has 0 unspecified atom stereocenters. The molecule has 1 aliphatic rings. The Morgan fingerprint density at radius 2 is 1.83 bits per heavy atom. The Morgan fingerprint density at radius 3 is 2.28 bits per heavy atom. The van der Waals surface area contributed by atoms with E-state index in [1.165, 1.54) is 25.7 Å². The molecule has 0 heterocycles. The standard InChI is InChI=1S/C14H29N3O/c1-4-10-17(11-7-13(18)16(2)3)14(12-15)8-5-6-9-14/h4-12,15H2,1-3H3. The summed E-state index contributed by atoms with van der Waals surface area (Å²) >= 11 is 0. The van der Waals surface area contributed by atoms with E-state index in [1.54, 1.807) is 4.90 Å². The fraction of sp³-hybridized carbons (Fsp3) is 0.929. The van der Waals surface area contributed by atoms with Gasteiger partial charge in [-0.15, -0.1) is 0 Å². The van der Waals surface area contributed by atoms with Gasteiger partial charge in [0, 0.05) is 39.1 Å². The lowest BCUT2D eigenvalue weighted by Crippen LogP contribution is -2.53. The van der Waals surface area contributed by atoms with Gasteiger partial charge in [0.05, 0.1) is 0 Å². The first kappa shape index (κ1) is 15.4. The fourth-order valence-electron chi connectivity index (χ4n) is 2.99. The predicted octanol–water partition coefficient (Wildman–Crippen LogP) is 1.45. The Labute approximate surface area is 111 Å². The van der Waals surface area contributed by atoms with E-state index in [4.69, 9.17) is 5.73 Å². The largest absolute Gasteiger partial charge is 0.349 e. The molecule has 0 aromatic rings. The van der Waals surface area contributed by atoms with Crippen molar-refractivity contribution < 1.29 is 4.79 Å². The number of nitrogens with two attached hydrogens (primary N) is 1. The Kier molecular flexibility index (Phi) is 6.09. The highest BCUT2D eigenvalue weighted by molar-refractivity contribution is 5.75. The lowest BCUT2D eigenvalue weighted by Gasteiger charge is -2.40. The van der Waals surface area contributed by atoms with Crippen LogP contribution in [-0.4, -0.2) is 55.0 Å². The number of carbonyl (C=O) groups is 1. The van der Waals surface area contributed by atoms with Crippen molar-refractivity contribution in [2.75, 3.05) is 33.7 Å². The van der Waals surface area contributed by atoms with Gasteiger partial charge in [-0.05, 0) is 25.8 Å². The second-order valence-electron chi connectivity index (χ2n) is 5.66. The molecule has 0 atom stereocenters. The molecule has 1 fully saturated rings. The second kappa shape index (κ2) is 7.10. The third kappa shape index (κ3) is 3.69. The third-order valence-corrected chi connectivity index (χ3v) is 4.17. The molecule has 0 radical (unpaired) electrons. The predicted molar refractivity (Wildman–Crippen MR) is 75.4 cm³/mol. The van der Waals surface area contributed by atoms with Crippen molar-refractivity contribution >= 4 is 5.91 Å². The van der Waals surface area contributed by atoms with E-state index in [1.807, 2.05) is 14.1 Å². The SMILES string of the molecule is CCCN(CCC(=O)N(C)C)C1(CN)CCCC1. The third-order valence-electron chi connectivity index (χ3n) is 4.17. The highest BCUT2D eigenvalue weighted by Gasteiger charge is 2.37. The van der Waals surface area contributed by atoms with Crippen LogP contribution in [0.2, 0.25) is 0 Å². The summed E-state index contributed by atoms with van der Waals surface area (Å²) in [4.78, 5) is 15.9. The average molecular weight is 255 g/mol. The zero-order chi connectivity index (χ0) is 13.6. The Balaban J connectivity index is 2.60. The molecule has 1 amide bonds. The molecule has 0 spiro atoms. The van der Waals surface area contributed by atoms with Gasteiger partial charge >= 0.3 is 0 Å². The number of nitrogens with zero attached hydrogens (tertiary/aromatic N) is 2. The van der Waals surface area contributed by atoms with Crippen molar-refractivity contribution in [3.8, 4) is 0 Å². The lowest BCUT2D eigenvalue weighted by molar-refractivity contribution is -0.129. The monoisotopic (exact) mass is 255 g/mol. The van der Waals surface area contributed by atoms with Gasteiger partial charge in [0.15, 0.2) is 0 Å². The maximum Gasteiger partial charge on any atom is 0.223 e. The zero-order valence-corrected chi connectivity index (χ0v) is 12.2. The normalized spacial score (nSPS) is 18.3. The molecule has 106 valence electrons. The minimum absolute atomic E-state index is 0.169. The molecule has 1 rings (SSSR count). The number of carbonyl (C=O) groups excluding carboxylic acids is 1. The smallest absolute Gasteiger partial charge is 0.223 e. The number of hydrogen-bond acceptors (Lipinski definition) is 3. The molecule has 0 saturated heterocycles. The minimum atomic E-state index is 0.169. The van der Waals surface area contributed by atoms with Crippen molar-refractivity contribution in [1.29, 1.82) is 0 Å². The van der Waals surface area contributed by atoms with E-state index >= 15 is 0 Å². The number of amides is 1. The Morgan fingerprint density at radius 1 is 1.22 bits per heavy atom. The molecule has 0 aromatic heterocycles. The Bertz CT molecular complexity index is 260. The van der Waals surface area contributed by atoms with Crippen LogP contribution in [0.15, 0.2) is 0 Å². The second-order valence-corrected chi connectivity index (χ2v) is 5.66. The van der Waals surface area contributed by atoms with Gasteiger partial charge in [0.1, 0.15) is 0 Å². The molecule has 0 aromatic carbocycles. The summed E-state index contributed by atoms with van der Waals surface area (Å²) in [5, 5.41) is 0. The van der Waals surface area contributed by atoms with E-state index in [-0.39, 0.29) is 11.4 Å². The Hall–Kier alpha value is -0.610. The number of rotatable bonds is 7. The van der Waals surface area contributed by atoms with E-state index < -0.39 is 0 Å². The molecule has 2 N–H and O–H groups in total. The van der Waals surface area contributed by atoms with Crippen LogP contribution in [0, 0.1) is 0 Å². The van der Waals surface area contributed by atoms with E-state index in [2.05, 4.69) is 11.8 Å². The van der Waals surface area contributed by atoms with Crippen molar-refractivity contribution in [2.45, 2.75) is 51.0 Å². The molecule has 18 heavy (non-hydrogen) atoms. The topological polar surface area (TPSA) is 49.6 Å². The molecule has 1 saturated carbocycles. The summed E-state index contributed by atoms with van der Waals surface area (Å²) in [6.45, 7) is 4.82. The van der Waals surface area contributed by atoms with Gasteiger partial charge in [0.25, 0.3) is 0 Å². The first-order chi connectivity index (χ1) is 8.55. The van der Waals surface area contributed by atoms with Crippen LogP contribution in [-0.2, 0) is 4.79 Å². The van der Waals surface area contributed by atoms with Gasteiger partial charge in [-0.1, -0.05) is 19.8 Å². The fourth-order valence-corrected chi connectivity index (χ4v) is 2.99. The molecule has 0 aliphatic heterocycles. The summed E-state index contributed by atoms with van der Waals surface area (Å²) < 4.78 is 0. The minimum Gasteiger partial charge on any atom is -0.349 e. The lowest BCUT2D eigenvalue weighted by atomic mass is 9.94. The number of hydrogen-bond donors (Lipinski definition) is 1. The van der Waals surface area contributed by atoms with Crippen molar-refractivity contribution in [3.63, 3.8) is 0 Å². The van der Waals surface area contributed by atoms with Gasteiger partial charge in [-0.25, -0.2) is 0 Å². The molecule has 1 aliphatic carbocycles. The van der Waals surface area contributed by atoms with Crippen molar-refractivity contribution in [2.24, 2.45) is 5.73 Å². The van der Waals surface area contributed by atoms with Crippen LogP contribution in [0.25, 0.3) is 0 Å². The maximum atomic E-state index is 11.7. The van der Waals surface area contributed by atoms with Crippen LogP contribution in [0.1, 0.15) is 45.4 Å². The van der Waals surface area contributed by atoms with Gasteiger partial charge in [-0.2, -0.15) is 0 Å². The highest BCUT2D eigenvalue weighted by atomic mass is 16.2. The van der Waals surface area contributed by atoms with Gasteiger partial charge in [0.2, 0.25) is 5.91 Å². The quantitative estimate of drug-likeness (QED) is 0.749. The summed E-state index contributed by atoms with van der Waals surface area (Å²) in [6.07, 6.45) is 6.67. The van der Waals surface area contributed by atoms with E-state index in [0.29, 0.717) is 6.42 Å². The highest BCUT2D eigenvalue weighted by Crippen LogP contribution is 2.34. The first-order valence-electron chi connectivity index (χ1n) is 7.21. The van der Waals surface area contributed by atoms with Crippen molar-refractivity contribution in [3.05, 3.63) is 0 Å².